The molecule has 0 bridgehead atoms. The van der Waals surface area contributed by atoms with E-state index in [1.807, 2.05) is 18.2 Å². The van der Waals surface area contributed by atoms with Crippen LogP contribution in [0, 0.1) is 5.82 Å². The van der Waals surface area contributed by atoms with Gasteiger partial charge in [-0.2, -0.15) is 0 Å². The summed E-state index contributed by atoms with van der Waals surface area (Å²) in [6.07, 6.45) is 4.40. The van der Waals surface area contributed by atoms with Crippen molar-refractivity contribution in [1.82, 2.24) is 25.1 Å². The lowest BCUT2D eigenvalue weighted by Crippen LogP contribution is -2.28. The number of pyridine rings is 1. The van der Waals surface area contributed by atoms with Crippen LogP contribution in [0.3, 0.4) is 0 Å². The lowest BCUT2D eigenvalue weighted by molar-refractivity contribution is -0.118. The molecule has 1 saturated heterocycles. The number of carbonyl (C=O) groups excluding carboxylic acids is 1. The van der Waals surface area contributed by atoms with Crippen LogP contribution in [0.25, 0.3) is 5.69 Å². The molecular formula is C22H24FN5O2S2. The van der Waals surface area contributed by atoms with Crippen molar-refractivity contribution in [3.05, 3.63) is 60.3 Å². The molecule has 0 aliphatic carbocycles. The first kappa shape index (κ1) is 22.8. The number of thioether (sulfide) groups is 2. The zero-order valence-corrected chi connectivity index (χ0v) is 19.1. The molecular weight excluding hydrogens is 449 g/mol. The van der Waals surface area contributed by atoms with E-state index < -0.39 is 0 Å². The van der Waals surface area contributed by atoms with Crippen LogP contribution in [0.1, 0.15) is 18.7 Å². The van der Waals surface area contributed by atoms with Gasteiger partial charge in [0.2, 0.25) is 5.91 Å². The minimum absolute atomic E-state index is 0.0920. The molecule has 1 atom stereocenters. The number of aromatic nitrogens is 4. The quantitative estimate of drug-likeness (QED) is 0.451. The second-order valence-corrected chi connectivity index (χ2v) is 9.17. The Morgan fingerprint density at radius 1 is 1.19 bits per heavy atom. The number of para-hydroxylation sites is 1. The molecule has 0 saturated carbocycles. The zero-order chi connectivity index (χ0) is 22.2. The van der Waals surface area contributed by atoms with Crippen molar-refractivity contribution in [2.24, 2.45) is 0 Å². The average Bonchev–Trinajstić information content (AvgIpc) is 3.47. The van der Waals surface area contributed by atoms with Gasteiger partial charge in [-0.1, -0.05) is 41.7 Å². The Balaban J connectivity index is 1.38. The number of hydrogen-bond acceptors (Lipinski definition) is 7. The minimum Gasteiger partial charge on any atom is -0.377 e. The average molecular weight is 474 g/mol. The van der Waals surface area contributed by atoms with Crippen LogP contribution in [0.15, 0.2) is 58.8 Å². The summed E-state index contributed by atoms with van der Waals surface area (Å²) in [5.74, 6) is 1.18. The first-order chi connectivity index (χ1) is 15.7. The molecule has 0 spiro atoms. The normalized spacial score (nSPS) is 15.7. The summed E-state index contributed by atoms with van der Waals surface area (Å²) in [4.78, 5) is 16.4. The summed E-state index contributed by atoms with van der Waals surface area (Å²) in [7, 11) is 0. The Labute approximate surface area is 194 Å². The number of amides is 1. The van der Waals surface area contributed by atoms with Gasteiger partial charge < -0.3 is 10.1 Å². The highest BCUT2D eigenvalue weighted by atomic mass is 32.2. The van der Waals surface area contributed by atoms with Crippen LogP contribution in [-0.2, 0) is 16.0 Å². The third-order valence-corrected chi connectivity index (χ3v) is 6.88. The van der Waals surface area contributed by atoms with Crippen LogP contribution in [0.2, 0.25) is 0 Å². The summed E-state index contributed by atoms with van der Waals surface area (Å²) >= 11 is 2.89. The Hall–Kier alpha value is -2.43. The predicted molar refractivity (Wildman–Crippen MR) is 123 cm³/mol. The molecule has 168 valence electrons. The maximum Gasteiger partial charge on any atom is 0.230 e. The van der Waals surface area contributed by atoms with E-state index in [4.69, 9.17) is 4.74 Å². The SMILES string of the molecule is O=C(CSc1ccccn1)NCCc1nnc(SCC2CCCO2)n1-c1ccccc1F. The number of benzene rings is 1. The van der Waals surface area contributed by atoms with Crippen molar-refractivity contribution in [3.8, 4) is 5.69 Å². The van der Waals surface area contributed by atoms with E-state index >= 15 is 0 Å². The third kappa shape index (κ3) is 6.08. The van der Waals surface area contributed by atoms with Crippen LogP contribution in [0.4, 0.5) is 4.39 Å². The van der Waals surface area contributed by atoms with Gasteiger partial charge in [0.05, 0.1) is 22.6 Å². The third-order valence-electron chi connectivity index (χ3n) is 4.88. The number of halogens is 1. The van der Waals surface area contributed by atoms with Crippen LogP contribution in [0.5, 0.6) is 0 Å². The van der Waals surface area contributed by atoms with Crippen molar-refractivity contribution in [3.63, 3.8) is 0 Å². The van der Waals surface area contributed by atoms with Crippen molar-refractivity contribution >= 4 is 29.4 Å². The molecule has 1 amide bonds. The van der Waals surface area contributed by atoms with E-state index in [1.165, 1.54) is 29.6 Å². The zero-order valence-electron chi connectivity index (χ0n) is 17.4. The van der Waals surface area contributed by atoms with Crippen molar-refractivity contribution in [2.75, 3.05) is 24.7 Å². The maximum atomic E-state index is 14.6. The molecule has 10 heteroatoms. The molecule has 1 fully saturated rings. The van der Waals surface area contributed by atoms with Crippen LogP contribution < -0.4 is 5.32 Å². The van der Waals surface area contributed by atoms with Crippen molar-refractivity contribution in [1.29, 1.82) is 0 Å². The number of nitrogens with one attached hydrogen (secondary N) is 1. The fourth-order valence-electron chi connectivity index (χ4n) is 3.31. The monoisotopic (exact) mass is 473 g/mol. The molecule has 3 aromatic rings. The minimum atomic E-state index is -0.344. The Morgan fingerprint density at radius 3 is 2.84 bits per heavy atom. The Kier molecular flexibility index (Phi) is 8.13. The first-order valence-electron chi connectivity index (χ1n) is 10.4. The van der Waals surface area contributed by atoms with E-state index in [9.17, 15) is 9.18 Å². The standard InChI is InChI=1S/C22H24FN5O2S2/c23-17-7-1-2-8-18(17)28-19(26-27-22(28)32-14-16-6-5-13-30-16)10-12-24-20(29)15-31-21-9-3-4-11-25-21/h1-4,7-9,11,16H,5-6,10,12-15H2,(H,24,29). The summed E-state index contributed by atoms with van der Waals surface area (Å²) in [6, 6.07) is 12.2. The van der Waals surface area contributed by atoms with Gasteiger partial charge in [0, 0.05) is 31.5 Å². The van der Waals surface area contributed by atoms with Gasteiger partial charge in [-0.15, -0.1) is 10.2 Å². The van der Waals surface area contributed by atoms with Gasteiger partial charge in [-0.3, -0.25) is 9.36 Å². The summed E-state index contributed by atoms with van der Waals surface area (Å²) in [6.45, 7) is 1.17. The van der Waals surface area contributed by atoms with Gasteiger partial charge in [-0.05, 0) is 37.1 Å². The molecule has 2 aromatic heterocycles. The fourth-order valence-corrected chi connectivity index (χ4v) is 5.03. The van der Waals surface area contributed by atoms with E-state index in [1.54, 1.807) is 29.0 Å². The van der Waals surface area contributed by atoms with Gasteiger partial charge in [-0.25, -0.2) is 9.37 Å². The number of nitrogens with zero attached hydrogens (tertiary/aromatic N) is 4. The lowest BCUT2D eigenvalue weighted by atomic mass is 10.3. The molecule has 0 radical (unpaired) electrons. The molecule has 1 aromatic carbocycles. The molecule has 1 N–H and O–H groups in total. The van der Waals surface area contributed by atoms with E-state index in [0.717, 1.165) is 30.2 Å². The summed E-state index contributed by atoms with van der Waals surface area (Å²) in [5.41, 5.74) is 0.402. The summed E-state index contributed by atoms with van der Waals surface area (Å²) < 4.78 is 22.0. The molecule has 1 aliphatic heterocycles. The van der Waals surface area contributed by atoms with E-state index in [2.05, 4.69) is 20.5 Å². The predicted octanol–water partition coefficient (Wildman–Crippen LogP) is 3.52. The number of rotatable bonds is 10. The van der Waals surface area contributed by atoms with Crippen LogP contribution in [-0.4, -0.2) is 56.4 Å². The molecule has 1 unspecified atom stereocenters. The van der Waals surface area contributed by atoms with Gasteiger partial charge in [0.15, 0.2) is 5.16 Å². The molecule has 1 aliphatic rings. The van der Waals surface area contributed by atoms with E-state index in [0.29, 0.717) is 29.6 Å². The van der Waals surface area contributed by atoms with Crippen molar-refractivity contribution < 1.29 is 13.9 Å². The second kappa shape index (κ2) is 11.4. The highest BCUT2D eigenvalue weighted by Crippen LogP contribution is 2.27. The van der Waals surface area contributed by atoms with Gasteiger partial charge in [0.1, 0.15) is 11.6 Å². The Morgan fingerprint density at radius 2 is 2.06 bits per heavy atom. The number of carbonyl (C=O) groups is 1. The topological polar surface area (TPSA) is 81.9 Å². The van der Waals surface area contributed by atoms with Crippen molar-refractivity contribution in [2.45, 2.75) is 35.5 Å². The first-order valence-corrected chi connectivity index (χ1v) is 12.4. The molecule has 3 heterocycles. The molecule has 32 heavy (non-hydrogen) atoms. The Bertz CT molecular complexity index is 1030. The van der Waals surface area contributed by atoms with E-state index in [-0.39, 0.29) is 23.6 Å². The smallest absolute Gasteiger partial charge is 0.230 e. The fraction of sp³-hybridized carbons (Fsp3) is 0.364. The number of ether oxygens (including phenoxy) is 1. The number of hydrogen-bond donors (Lipinski definition) is 1. The highest BCUT2D eigenvalue weighted by Gasteiger charge is 2.21. The summed E-state index contributed by atoms with van der Waals surface area (Å²) in [5, 5.41) is 12.9. The maximum absolute atomic E-state index is 14.6. The second-order valence-electron chi connectivity index (χ2n) is 7.19. The molecule has 7 nitrogen and oxygen atoms in total. The van der Waals surface area contributed by atoms with Gasteiger partial charge >= 0.3 is 0 Å². The lowest BCUT2D eigenvalue weighted by Gasteiger charge is -2.13. The van der Waals surface area contributed by atoms with Crippen LogP contribution >= 0.6 is 23.5 Å². The highest BCUT2D eigenvalue weighted by molar-refractivity contribution is 8.00. The molecule has 4 rings (SSSR count). The van der Waals surface area contributed by atoms with Gasteiger partial charge in [0.25, 0.3) is 0 Å². The largest absolute Gasteiger partial charge is 0.377 e.